The van der Waals surface area contributed by atoms with E-state index in [1.54, 1.807) is 0 Å². The number of hydrogen-bond acceptors (Lipinski definition) is 1. The maximum Gasteiger partial charge on any atom is 0.416 e. The van der Waals surface area contributed by atoms with Crippen molar-refractivity contribution in [3.63, 3.8) is 0 Å². The fourth-order valence-corrected chi connectivity index (χ4v) is 1.65. The fraction of sp³-hybridized carbons (Fsp3) is 0.333. The molecule has 84 valence electrons. The van der Waals surface area contributed by atoms with Crippen molar-refractivity contribution in [2.45, 2.75) is 12.3 Å². The Morgan fingerprint density at radius 2 is 1.93 bits per heavy atom. The van der Waals surface area contributed by atoms with Crippen LogP contribution >= 0.6 is 23.2 Å². The van der Waals surface area contributed by atoms with Crippen LogP contribution in [0.3, 0.4) is 0 Å². The van der Waals surface area contributed by atoms with Crippen LogP contribution in [-0.4, -0.2) is 11.0 Å². The van der Waals surface area contributed by atoms with E-state index in [0.717, 1.165) is 6.07 Å². The van der Waals surface area contributed by atoms with Crippen molar-refractivity contribution in [1.29, 1.82) is 0 Å². The van der Waals surface area contributed by atoms with Gasteiger partial charge in [0, 0.05) is 10.6 Å². The molecule has 0 aliphatic rings. The molecule has 1 N–H and O–H groups in total. The summed E-state index contributed by atoms with van der Waals surface area (Å²) in [6.07, 6.45) is -5.97. The van der Waals surface area contributed by atoms with E-state index in [1.807, 2.05) is 0 Å². The van der Waals surface area contributed by atoms with Crippen molar-refractivity contribution in [1.82, 2.24) is 0 Å². The van der Waals surface area contributed by atoms with Gasteiger partial charge >= 0.3 is 6.18 Å². The van der Waals surface area contributed by atoms with Crippen LogP contribution in [0.4, 0.5) is 13.2 Å². The number of benzene rings is 1. The molecule has 1 nitrogen and oxygen atoms in total. The van der Waals surface area contributed by atoms with E-state index in [9.17, 15) is 18.3 Å². The number of halogens is 5. The Kier molecular flexibility index (Phi) is 3.87. The standard InChI is InChI=1S/C9H7Cl2F3O/c10-4-7(15)8-5(9(12,13)14)2-1-3-6(8)11/h1-3,7,15H,4H2. The molecule has 0 aliphatic carbocycles. The molecule has 15 heavy (non-hydrogen) atoms. The average Bonchev–Trinajstić information content (AvgIpc) is 2.15. The van der Waals surface area contributed by atoms with Gasteiger partial charge in [0.1, 0.15) is 0 Å². The largest absolute Gasteiger partial charge is 0.416 e. The lowest BCUT2D eigenvalue weighted by molar-refractivity contribution is -0.139. The quantitative estimate of drug-likeness (QED) is 0.804. The lowest BCUT2D eigenvalue weighted by atomic mass is 10.0. The molecule has 0 saturated carbocycles. The fourth-order valence-electron chi connectivity index (χ4n) is 1.20. The minimum Gasteiger partial charge on any atom is -0.387 e. The Hall–Kier alpha value is -0.450. The van der Waals surface area contributed by atoms with Crippen LogP contribution in [-0.2, 0) is 6.18 Å². The molecule has 0 amide bonds. The summed E-state index contributed by atoms with van der Waals surface area (Å²) in [6, 6.07) is 3.31. The Morgan fingerprint density at radius 3 is 2.40 bits per heavy atom. The van der Waals surface area contributed by atoms with E-state index in [1.165, 1.54) is 12.1 Å². The summed E-state index contributed by atoms with van der Waals surface area (Å²) < 4.78 is 37.5. The van der Waals surface area contributed by atoms with Gasteiger partial charge in [-0.15, -0.1) is 11.6 Å². The Labute approximate surface area is 94.4 Å². The topological polar surface area (TPSA) is 20.2 Å². The molecule has 1 aromatic rings. The van der Waals surface area contributed by atoms with Gasteiger partial charge in [0.2, 0.25) is 0 Å². The highest BCUT2D eigenvalue weighted by Crippen LogP contribution is 2.38. The predicted octanol–water partition coefficient (Wildman–Crippen LogP) is 3.63. The Bertz CT molecular complexity index is 352. The molecule has 0 aromatic heterocycles. The van der Waals surface area contributed by atoms with Gasteiger partial charge in [0.05, 0.1) is 17.5 Å². The van der Waals surface area contributed by atoms with Gasteiger partial charge in [0.25, 0.3) is 0 Å². The summed E-state index contributed by atoms with van der Waals surface area (Å²) in [5, 5.41) is 9.20. The number of alkyl halides is 4. The molecule has 0 spiro atoms. The van der Waals surface area contributed by atoms with Gasteiger partial charge in [-0.25, -0.2) is 0 Å². The molecule has 1 rings (SSSR count). The van der Waals surface area contributed by atoms with Crippen molar-refractivity contribution in [3.8, 4) is 0 Å². The second-order valence-electron chi connectivity index (χ2n) is 2.87. The zero-order valence-electron chi connectivity index (χ0n) is 7.35. The first kappa shape index (κ1) is 12.6. The number of hydrogen-bond donors (Lipinski definition) is 1. The molecular weight excluding hydrogens is 252 g/mol. The highest BCUT2D eigenvalue weighted by molar-refractivity contribution is 6.31. The van der Waals surface area contributed by atoms with E-state index < -0.39 is 17.8 Å². The molecule has 0 heterocycles. The maximum atomic E-state index is 12.5. The van der Waals surface area contributed by atoms with Crippen molar-refractivity contribution in [2.24, 2.45) is 0 Å². The highest BCUT2D eigenvalue weighted by atomic mass is 35.5. The zero-order chi connectivity index (χ0) is 11.6. The molecule has 1 atom stereocenters. The van der Waals surface area contributed by atoms with E-state index in [0.29, 0.717) is 0 Å². The number of aliphatic hydroxyl groups is 1. The number of aliphatic hydroxyl groups excluding tert-OH is 1. The molecule has 1 unspecified atom stereocenters. The summed E-state index contributed by atoms with van der Waals surface area (Å²) in [6.45, 7) is 0. The van der Waals surface area contributed by atoms with Gasteiger partial charge in [0.15, 0.2) is 0 Å². The van der Waals surface area contributed by atoms with Gasteiger partial charge in [-0.3, -0.25) is 0 Å². The third-order valence-corrected chi connectivity index (χ3v) is 2.46. The normalized spacial score (nSPS) is 14.0. The molecular formula is C9H7Cl2F3O. The second kappa shape index (κ2) is 4.60. The van der Waals surface area contributed by atoms with Crippen LogP contribution in [0.15, 0.2) is 18.2 Å². The average molecular weight is 259 g/mol. The van der Waals surface area contributed by atoms with Gasteiger partial charge in [-0.1, -0.05) is 17.7 Å². The summed E-state index contributed by atoms with van der Waals surface area (Å²) >= 11 is 10.9. The SMILES string of the molecule is OC(CCl)c1c(Cl)cccc1C(F)(F)F. The third kappa shape index (κ3) is 2.77. The molecule has 0 saturated heterocycles. The predicted molar refractivity (Wildman–Crippen MR) is 52.1 cm³/mol. The first-order valence-corrected chi connectivity index (χ1v) is 4.88. The molecule has 0 aliphatic heterocycles. The van der Waals surface area contributed by atoms with Crippen LogP contribution in [0.5, 0.6) is 0 Å². The summed E-state index contributed by atoms with van der Waals surface area (Å²) in [5.74, 6) is -0.340. The molecule has 0 bridgehead atoms. The van der Waals surface area contributed by atoms with E-state index in [2.05, 4.69) is 0 Å². The van der Waals surface area contributed by atoms with Crippen molar-refractivity contribution >= 4 is 23.2 Å². The second-order valence-corrected chi connectivity index (χ2v) is 3.58. The molecule has 0 radical (unpaired) electrons. The Balaban J connectivity index is 3.33. The van der Waals surface area contributed by atoms with Crippen molar-refractivity contribution in [2.75, 3.05) is 5.88 Å². The van der Waals surface area contributed by atoms with Crippen LogP contribution in [0.1, 0.15) is 17.2 Å². The summed E-state index contributed by atoms with van der Waals surface area (Å²) in [7, 11) is 0. The minimum absolute atomic E-state index is 0.141. The molecule has 1 aromatic carbocycles. The van der Waals surface area contributed by atoms with Gasteiger partial charge in [-0.05, 0) is 12.1 Å². The molecule has 6 heteroatoms. The van der Waals surface area contributed by atoms with Gasteiger partial charge < -0.3 is 5.11 Å². The van der Waals surface area contributed by atoms with E-state index >= 15 is 0 Å². The molecule has 0 fully saturated rings. The smallest absolute Gasteiger partial charge is 0.387 e. The van der Waals surface area contributed by atoms with Gasteiger partial charge in [-0.2, -0.15) is 13.2 Å². The van der Waals surface area contributed by atoms with E-state index in [-0.39, 0.29) is 16.5 Å². The third-order valence-electron chi connectivity index (χ3n) is 1.84. The first-order chi connectivity index (χ1) is 6.88. The van der Waals surface area contributed by atoms with E-state index in [4.69, 9.17) is 23.2 Å². The van der Waals surface area contributed by atoms with Crippen molar-refractivity contribution in [3.05, 3.63) is 34.3 Å². The van der Waals surface area contributed by atoms with Crippen LogP contribution in [0.25, 0.3) is 0 Å². The lowest BCUT2D eigenvalue weighted by Gasteiger charge is -2.17. The summed E-state index contributed by atoms with van der Waals surface area (Å²) in [4.78, 5) is 0. The summed E-state index contributed by atoms with van der Waals surface area (Å²) in [5.41, 5.74) is -1.33. The maximum absolute atomic E-state index is 12.5. The van der Waals surface area contributed by atoms with Crippen LogP contribution in [0, 0.1) is 0 Å². The monoisotopic (exact) mass is 258 g/mol. The lowest BCUT2D eigenvalue weighted by Crippen LogP contribution is -2.13. The highest BCUT2D eigenvalue weighted by Gasteiger charge is 2.35. The van der Waals surface area contributed by atoms with Crippen LogP contribution < -0.4 is 0 Å². The zero-order valence-corrected chi connectivity index (χ0v) is 8.87. The van der Waals surface area contributed by atoms with Crippen LogP contribution in [0.2, 0.25) is 5.02 Å². The Morgan fingerprint density at radius 1 is 1.33 bits per heavy atom. The van der Waals surface area contributed by atoms with Crippen molar-refractivity contribution < 1.29 is 18.3 Å². The first-order valence-electron chi connectivity index (χ1n) is 3.97. The minimum atomic E-state index is -4.55. The number of rotatable bonds is 2.